The minimum atomic E-state index is -0.436. The third kappa shape index (κ3) is 4.69. The number of carbonyl (C=O) groups excluding carboxylic acids is 1. The van der Waals surface area contributed by atoms with Crippen LogP contribution >= 0.6 is 0 Å². The van der Waals surface area contributed by atoms with E-state index >= 15 is 0 Å². The Morgan fingerprint density at radius 1 is 1.67 bits per heavy atom. The first-order valence-corrected chi connectivity index (χ1v) is 3.70. The second kappa shape index (κ2) is 4.73. The molecule has 0 spiro atoms. The van der Waals surface area contributed by atoms with Crippen LogP contribution in [0.15, 0.2) is 0 Å². The SMILES string of the molecule is COC(=O)CNCC(C)(C)C#N. The van der Waals surface area contributed by atoms with Crippen LogP contribution < -0.4 is 5.32 Å². The van der Waals surface area contributed by atoms with Gasteiger partial charge in [-0.25, -0.2) is 0 Å². The van der Waals surface area contributed by atoms with Crippen molar-refractivity contribution in [1.29, 1.82) is 5.26 Å². The molecule has 68 valence electrons. The largest absolute Gasteiger partial charge is 0.468 e. The fraction of sp³-hybridized carbons (Fsp3) is 0.750. The second-order valence-electron chi connectivity index (χ2n) is 3.18. The Bertz CT molecular complexity index is 194. The Hall–Kier alpha value is -1.08. The first kappa shape index (κ1) is 10.9. The maximum absolute atomic E-state index is 10.6. The van der Waals surface area contributed by atoms with Crippen molar-refractivity contribution < 1.29 is 9.53 Å². The molecule has 0 aliphatic rings. The van der Waals surface area contributed by atoms with Gasteiger partial charge in [-0.05, 0) is 13.8 Å². The van der Waals surface area contributed by atoms with Crippen LogP contribution in [0.2, 0.25) is 0 Å². The number of methoxy groups -OCH3 is 1. The van der Waals surface area contributed by atoms with Crippen LogP contribution in [-0.2, 0) is 9.53 Å². The van der Waals surface area contributed by atoms with E-state index in [1.54, 1.807) is 13.8 Å². The molecular weight excluding hydrogens is 156 g/mol. The molecular formula is C8H14N2O2. The third-order valence-electron chi connectivity index (χ3n) is 1.37. The van der Waals surface area contributed by atoms with E-state index in [0.717, 1.165) is 0 Å². The molecule has 12 heavy (non-hydrogen) atoms. The summed E-state index contributed by atoms with van der Waals surface area (Å²) in [5, 5.41) is 11.4. The van der Waals surface area contributed by atoms with Gasteiger partial charge in [-0.3, -0.25) is 4.79 Å². The predicted octanol–water partition coefficient (Wildman–Crippen LogP) is 0.299. The molecule has 0 aromatic rings. The van der Waals surface area contributed by atoms with Gasteiger partial charge in [0, 0.05) is 6.54 Å². The minimum Gasteiger partial charge on any atom is -0.468 e. The molecule has 0 rings (SSSR count). The van der Waals surface area contributed by atoms with E-state index in [2.05, 4.69) is 16.1 Å². The number of ether oxygens (including phenoxy) is 1. The zero-order valence-electron chi connectivity index (χ0n) is 7.68. The van der Waals surface area contributed by atoms with Gasteiger partial charge in [-0.1, -0.05) is 0 Å². The number of nitrogens with one attached hydrogen (secondary N) is 1. The highest BCUT2D eigenvalue weighted by Gasteiger charge is 2.16. The summed E-state index contributed by atoms with van der Waals surface area (Å²) in [6.45, 7) is 4.24. The molecule has 0 saturated carbocycles. The van der Waals surface area contributed by atoms with E-state index in [0.29, 0.717) is 6.54 Å². The molecule has 0 aromatic heterocycles. The van der Waals surface area contributed by atoms with Crippen molar-refractivity contribution in [2.45, 2.75) is 13.8 Å². The maximum Gasteiger partial charge on any atom is 0.319 e. The maximum atomic E-state index is 10.6. The summed E-state index contributed by atoms with van der Waals surface area (Å²) in [5.74, 6) is -0.316. The summed E-state index contributed by atoms with van der Waals surface area (Å²) < 4.78 is 4.41. The van der Waals surface area contributed by atoms with Gasteiger partial charge in [0.2, 0.25) is 0 Å². The number of nitriles is 1. The quantitative estimate of drug-likeness (QED) is 0.616. The number of carbonyl (C=O) groups is 1. The normalized spacial score (nSPS) is 10.5. The van der Waals surface area contributed by atoms with E-state index in [1.165, 1.54) is 7.11 Å². The average molecular weight is 170 g/mol. The van der Waals surface area contributed by atoms with Crippen LogP contribution in [0.5, 0.6) is 0 Å². The molecule has 0 fully saturated rings. The number of rotatable bonds is 4. The van der Waals surface area contributed by atoms with Crippen molar-refractivity contribution in [2.75, 3.05) is 20.2 Å². The van der Waals surface area contributed by atoms with Gasteiger partial charge in [-0.15, -0.1) is 0 Å². The molecule has 0 bridgehead atoms. The first-order chi connectivity index (χ1) is 5.52. The topological polar surface area (TPSA) is 62.1 Å². The fourth-order valence-electron chi connectivity index (χ4n) is 0.589. The Morgan fingerprint density at radius 2 is 2.25 bits per heavy atom. The molecule has 0 unspecified atom stereocenters. The molecule has 0 aromatic carbocycles. The summed E-state index contributed by atoms with van der Waals surface area (Å²) in [7, 11) is 1.33. The zero-order valence-corrected chi connectivity index (χ0v) is 7.68. The molecule has 4 nitrogen and oxygen atoms in total. The van der Waals surface area contributed by atoms with E-state index in [4.69, 9.17) is 5.26 Å². The van der Waals surface area contributed by atoms with E-state index in [-0.39, 0.29) is 12.5 Å². The van der Waals surface area contributed by atoms with Crippen LogP contribution in [-0.4, -0.2) is 26.2 Å². The smallest absolute Gasteiger partial charge is 0.319 e. The van der Waals surface area contributed by atoms with Gasteiger partial charge in [0.15, 0.2) is 0 Å². The Morgan fingerprint density at radius 3 is 2.67 bits per heavy atom. The van der Waals surface area contributed by atoms with Crippen LogP contribution in [0, 0.1) is 16.7 Å². The van der Waals surface area contributed by atoms with Crippen LogP contribution in [0.4, 0.5) is 0 Å². The lowest BCUT2D eigenvalue weighted by Gasteiger charge is -2.14. The number of nitrogens with zero attached hydrogens (tertiary/aromatic N) is 1. The molecule has 0 aliphatic heterocycles. The van der Waals surface area contributed by atoms with Gasteiger partial charge in [0.1, 0.15) is 0 Å². The van der Waals surface area contributed by atoms with E-state index in [9.17, 15) is 4.79 Å². The van der Waals surface area contributed by atoms with Crippen LogP contribution in [0.3, 0.4) is 0 Å². The molecule has 1 N–H and O–H groups in total. The van der Waals surface area contributed by atoms with E-state index in [1.807, 2.05) is 0 Å². The summed E-state index contributed by atoms with van der Waals surface area (Å²) in [5.41, 5.74) is -0.436. The summed E-state index contributed by atoms with van der Waals surface area (Å²) in [6, 6.07) is 2.12. The number of hydrogen-bond acceptors (Lipinski definition) is 4. The van der Waals surface area contributed by atoms with Crippen molar-refractivity contribution in [1.82, 2.24) is 5.32 Å². The fourth-order valence-corrected chi connectivity index (χ4v) is 0.589. The van der Waals surface area contributed by atoms with Crippen LogP contribution in [0.25, 0.3) is 0 Å². The second-order valence-corrected chi connectivity index (χ2v) is 3.18. The third-order valence-corrected chi connectivity index (χ3v) is 1.37. The predicted molar refractivity (Wildman–Crippen MR) is 44.3 cm³/mol. The molecule has 0 aliphatic carbocycles. The van der Waals surface area contributed by atoms with Gasteiger partial charge < -0.3 is 10.1 Å². The van der Waals surface area contributed by atoms with Crippen molar-refractivity contribution in [3.8, 4) is 6.07 Å². The lowest BCUT2D eigenvalue weighted by atomic mass is 9.96. The lowest BCUT2D eigenvalue weighted by molar-refractivity contribution is -0.139. The summed E-state index contributed by atoms with van der Waals surface area (Å²) in [6.07, 6.45) is 0. The Kier molecular flexibility index (Phi) is 4.30. The van der Waals surface area contributed by atoms with Gasteiger partial charge in [0.25, 0.3) is 0 Å². The molecule has 0 heterocycles. The zero-order chi connectivity index (χ0) is 9.61. The Balaban J connectivity index is 3.58. The monoisotopic (exact) mass is 170 g/mol. The molecule has 0 saturated heterocycles. The standard InChI is InChI=1S/C8H14N2O2/c1-8(2,5-9)6-10-4-7(11)12-3/h10H,4,6H2,1-3H3. The van der Waals surface area contributed by atoms with Crippen molar-refractivity contribution in [3.05, 3.63) is 0 Å². The highest BCUT2D eigenvalue weighted by Crippen LogP contribution is 2.09. The number of hydrogen-bond donors (Lipinski definition) is 1. The molecule has 0 radical (unpaired) electrons. The molecule has 0 atom stereocenters. The first-order valence-electron chi connectivity index (χ1n) is 3.70. The minimum absolute atomic E-state index is 0.154. The molecule has 0 amide bonds. The highest BCUT2D eigenvalue weighted by atomic mass is 16.5. The van der Waals surface area contributed by atoms with Crippen molar-refractivity contribution in [3.63, 3.8) is 0 Å². The number of esters is 1. The summed E-state index contributed by atoms with van der Waals surface area (Å²) >= 11 is 0. The van der Waals surface area contributed by atoms with Crippen molar-refractivity contribution in [2.24, 2.45) is 5.41 Å². The highest BCUT2D eigenvalue weighted by molar-refractivity contribution is 5.71. The van der Waals surface area contributed by atoms with Gasteiger partial charge >= 0.3 is 5.97 Å². The lowest BCUT2D eigenvalue weighted by Crippen LogP contribution is -2.32. The molecule has 4 heteroatoms. The average Bonchev–Trinajstić information content (AvgIpc) is 2.04. The Labute approximate surface area is 72.5 Å². The van der Waals surface area contributed by atoms with Crippen LogP contribution in [0.1, 0.15) is 13.8 Å². The van der Waals surface area contributed by atoms with Gasteiger partial charge in [0.05, 0.1) is 25.1 Å². The summed E-state index contributed by atoms with van der Waals surface area (Å²) in [4.78, 5) is 10.6. The van der Waals surface area contributed by atoms with Gasteiger partial charge in [-0.2, -0.15) is 5.26 Å². The van der Waals surface area contributed by atoms with E-state index < -0.39 is 5.41 Å². The van der Waals surface area contributed by atoms with Crippen molar-refractivity contribution >= 4 is 5.97 Å².